The van der Waals surface area contributed by atoms with Gasteiger partial charge < -0.3 is 31.2 Å². The minimum Gasteiger partial charge on any atom is -0.366 e. The Morgan fingerprint density at radius 2 is 1.09 bits per heavy atom. The number of fused-ring (bicyclic) bond motifs is 2. The zero-order valence-corrected chi connectivity index (χ0v) is 30.9. The molecule has 286 valence electrons. The van der Waals surface area contributed by atoms with Crippen molar-refractivity contribution in [2.45, 2.75) is 53.9 Å². The minimum atomic E-state index is -0.636. The van der Waals surface area contributed by atoms with Gasteiger partial charge in [-0.1, -0.05) is 0 Å². The molecule has 4 aromatic heterocycles. The lowest BCUT2D eigenvalue weighted by molar-refractivity contribution is -0.130. The van der Waals surface area contributed by atoms with Crippen molar-refractivity contribution in [2.75, 3.05) is 30.3 Å². The van der Waals surface area contributed by atoms with Gasteiger partial charge in [-0.25, -0.2) is 9.97 Å². The molecule has 0 fully saturated rings. The third-order valence-corrected chi connectivity index (χ3v) is 9.10. The summed E-state index contributed by atoms with van der Waals surface area (Å²) < 4.78 is 6.62. The summed E-state index contributed by atoms with van der Waals surface area (Å²) in [6.45, 7) is 8.56. The van der Waals surface area contributed by atoms with Gasteiger partial charge in [-0.05, 0) is 76.2 Å². The summed E-state index contributed by atoms with van der Waals surface area (Å²) in [5.41, 5.74) is 21.4. The summed E-state index contributed by atoms with van der Waals surface area (Å²) >= 11 is 0. The van der Waals surface area contributed by atoms with Crippen LogP contribution in [0.3, 0.4) is 0 Å². The summed E-state index contributed by atoms with van der Waals surface area (Å²) in [6.07, 6.45) is 0. The molecule has 6 aromatic rings. The first-order valence-corrected chi connectivity index (χ1v) is 17.6. The molecule has 6 rings (SSSR count). The highest BCUT2D eigenvalue weighted by Crippen LogP contribution is 2.24. The largest absolute Gasteiger partial charge is 0.366 e. The van der Waals surface area contributed by atoms with E-state index in [4.69, 9.17) is 17.2 Å². The van der Waals surface area contributed by atoms with Crippen LogP contribution in [0.15, 0.2) is 48.5 Å². The minimum absolute atomic E-state index is 0.128. The average molecular weight is 751 g/mol. The van der Waals surface area contributed by atoms with Crippen LogP contribution < -0.4 is 27.8 Å². The first-order valence-electron chi connectivity index (χ1n) is 17.6. The molecule has 19 nitrogen and oxygen atoms in total. The molecule has 0 radical (unpaired) electrons. The number of carbonyl (C=O) groups is 5. The van der Waals surface area contributed by atoms with Crippen LogP contribution in [0.5, 0.6) is 0 Å². The van der Waals surface area contributed by atoms with Crippen molar-refractivity contribution >= 4 is 63.5 Å². The average Bonchev–Trinajstić information content (AvgIpc) is 3.92. The number of imidazole rings is 2. The number of aromatic nitrogens is 8. The number of carbonyl (C=O) groups excluding carboxylic acids is 5. The SMILES string of the molecule is CCn1nc(C)cc1C(=O)Nc1nc2cc(C(N)=O)ccc2n1CCN(CCn1c(NC(=O)c2cc(C)nn2CC)nc2cc(C(N)=O)ccc21)C(=O)CN. The molecule has 0 aliphatic heterocycles. The van der Waals surface area contributed by atoms with Crippen molar-refractivity contribution in [2.24, 2.45) is 17.2 Å². The number of hydrogen-bond donors (Lipinski definition) is 5. The standard InChI is InChI=1S/C36H42N14O5/c1-5-49-28(15-20(3)44-49)33(54)42-35-40-24-17-22(31(38)52)7-9-26(24)47(35)13-11-46(30(51)19-37)12-14-48-27-10-8-23(32(39)53)18-25(27)41-36(48)43-34(55)29-16-21(4)45-50(29)6-2/h7-10,15-18H,5-6,11-14,19,37H2,1-4H3,(H2,38,52)(H2,39,53)(H,40,42,54)(H,41,43,55). The normalized spacial score (nSPS) is 11.3. The number of aryl methyl sites for hydroxylation is 4. The number of nitrogens with one attached hydrogen (secondary N) is 2. The Balaban J connectivity index is 1.30. The van der Waals surface area contributed by atoms with Crippen LogP contribution >= 0.6 is 0 Å². The Morgan fingerprint density at radius 1 is 0.673 bits per heavy atom. The Morgan fingerprint density at radius 3 is 1.45 bits per heavy atom. The molecule has 0 saturated heterocycles. The highest BCUT2D eigenvalue weighted by Gasteiger charge is 2.23. The van der Waals surface area contributed by atoms with Crippen LogP contribution in [-0.4, -0.2) is 92.7 Å². The van der Waals surface area contributed by atoms with E-state index in [2.05, 4.69) is 30.8 Å². The molecule has 0 unspecified atom stereocenters. The topological polar surface area (TPSA) is 262 Å². The van der Waals surface area contributed by atoms with Gasteiger partial charge in [0.2, 0.25) is 29.6 Å². The number of benzene rings is 2. The van der Waals surface area contributed by atoms with E-state index in [0.717, 1.165) is 0 Å². The first kappa shape index (κ1) is 37.9. The monoisotopic (exact) mass is 750 g/mol. The second-order valence-corrected chi connectivity index (χ2v) is 12.8. The predicted molar refractivity (Wildman–Crippen MR) is 203 cm³/mol. The Bertz CT molecular complexity index is 2310. The molecule has 0 bridgehead atoms. The Hall–Kier alpha value is -6.89. The van der Waals surface area contributed by atoms with Crippen LogP contribution in [0, 0.1) is 13.8 Å². The van der Waals surface area contributed by atoms with Crippen molar-refractivity contribution < 1.29 is 24.0 Å². The smallest absolute Gasteiger partial charge is 0.276 e. The summed E-state index contributed by atoms with van der Waals surface area (Å²) in [7, 11) is 0. The quantitative estimate of drug-likeness (QED) is 0.101. The molecule has 8 N–H and O–H groups in total. The van der Waals surface area contributed by atoms with E-state index in [0.29, 0.717) is 57.9 Å². The van der Waals surface area contributed by atoms with Crippen molar-refractivity contribution in [1.29, 1.82) is 0 Å². The molecule has 55 heavy (non-hydrogen) atoms. The summed E-state index contributed by atoms with van der Waals surface area (Å²) in [4.78, 5) is 75.0. The van der Waals surface area contributed by atoms with Crippen molar-refractivity contribution in [3.8, 4) is 0 Å². The maximum Gasteiger partial charge on any atom is 0.276 e. The van der Waals surface area contributed by atoms with Gasteiger partial charge in [-0.2, -0.15) is 10.2 Å². The number of amides is 5. The van der Waals surface area contributed by atoms with Crippen LogP contribution in [0.1, 0.15) is 66.9 Å². The van der Waals surface area contributed by atoms with Gasteiger partial charge in [0.1, 0.15) is 11.4 Å². The summed E-state index contributed by atoms with van der Waals surface area (Å²) in [6, 6.07) is 12.9. The van der Waals surface area contributed by atoms with Gasteiger partial charge in [0.05, 0.1) is 40.0 Å². The predicted octanol–water partition coefficient (Wildman–Crippen LogP) is 1.63. The third-order valence-electron chi connectivity index (χ3n) is 9.10. The molecule has 0 atom stereocenters. The molecule has 0 aliphatic carbocycles. The second-order valence-electron chi connectivity index (χ2n) is 12.8. The maximum atomic E-state index is 13.5. The van der Waals surface area contributed by atoms with Crippen molar-refractivity contribution in [3.63, 3.8) is 0 Å². The maximum absolute atomic E-state index is 13.5. The summed E-state index contributed by atoms with van der Waals surface area (Å²) in [5, 5.41) is 14.5. The van der Waals surface area contributed by atoms with Crippen LogP contribution in [0.25, 0.3) is 22.1 Å². The zero-order valence-electron chi connectivity index (χ0n) is 30.9. The number of hydrogen-bond acceptors (Lipinski definition) is 10. The fourth-order valence-electron chi connectivity index (χ4n) is 6.41. The fraction of sp³-hybridized carbons (Fsp3) is 0.306. The van der Waals surface area contributed by atoms with Gasteiger partial charge in [0.25, 0.3) is 11.8 Å². The van der Waals surface area contributed by atoms with Crippen LogP contribution in [0.2, 0.25) is 0 Å². The summed E-state index contributed by atoms with van der Waals surface area (Å²) in [5.74, 6) is -2.15. The van der Waals surface area contributed by atoms with Crippen molar-refractivity contribution in [3.05, 3.63) is 82.4 Å². The van der Waals surface area contributed by atoms with Gasteiger partial charge in [0.15, 0.2) is 0 Å². The lowest BCUT2D eigenvalue weighted by Gasteiger charge is -2.24. The van der Waals surface area contributed by atoms with E-state index >= 15 is 0 Å². The molecule has 0 saturated carbocycles. The number of primary amides is 2. The molecule has 19 heteroatoms. The Labute approximate surface area is 314 Å². The molecule has 4 heterocycles. The van der Waals surface area contributed by atoms with E-state index in [-0.39, 0.29) is 61.7 Å². The molecular weight excluding hydrogens is 708 g/mol. The van der Waals surface area contributed by atoms with E-state index < -0.39 is 23.6 Å². The van der Waals surface area contributed by atoms with Gasteiger partial charge >= 0.3 is 0 Å². The van der Waals surface area contributed by atoms with Crippen LogP contribution in [0.4, 0.5) is 11.9 Å². The lowest BCUT2D eigenvalue weighted by atomic mass is 10.2. The highest BCUT2D eigenvalue weighted by atomic mass is 16.2. The van der Waals surface area contributed by atoms with E-state index in [1.165, 1.54) is 12.1 Å². The van der Waals surface area contributed by atoms with Gasteiger partial charge in [0, 0.05) is 50.4 Å². The molecule has 0 aliphatic rings. The van der Waals surface area contributed by atoms with Crippen molar-refractivity contribution in [1.82, 2.24) is 43.6 Å². The molecule has 5 amide bonds. The van der Waals surface area contributed by atoms with E-state index in [1.807, 2.05) is 13.8 Å². The third kappa shape index (κ3) is 7.77. The van der Waals surface area contributed by atoms with E-state index in [9.17, 15) is 24.0 Å². The van der Waals surface area contributed by atoms with Gasteiger partial charge in [-0.3, -0.25) is 44.0 Å². The number of anilines is 2. The zero-order chi connectivity index (χ0) is 39.6. The highest BCUT2D eigenvalue weighted by molar-refractivity contribution is 6.04. The molecule has 2 aromatic carbocycles. The molecular formula is C36H42N14O5. The molecule has 0 spiro atoms. The number of nitrogens with two attached hydrogens (primary N) is 3. The van der Waals surface area contributed by atoms with Crippen LogP contribution in [-0.2, 0) is 31.0 Å². The first-order chi connectivity index (χ1) is 26.3. The van der Waals surface area contributed by atoms with Gasteiger partial charge in [-0.15, -0.1) is 0 Å². The fourth-order valence-corrected chi connectivity index (χ4v) is 6.41. The van der Waals surface area contributed by atoms with E-state index in [1.54, 1.807) is 73.6 Å². The Kier molecular flexibility index (Phi) is 10.7. The number of nitrogens with zero attached hydrogens (tertiary/aromatic N) is 9. The number of rotatable bonds is 15. The lowest BCUT2D eigenvalue weighted by Crippen LogP contribution is -2.40. The second kappa shape index (κ2) is 15.6.